The van der Waals surface area contributed by atoms with Crippen LogP contribution in [-0.2, 0) is 17.4 Å². The first kappa shape index (κ1) is 27.4. The third kappa shape index (κ3) is 5.92. The number of amides is 1. The Bertz CT molecular complexity index is 1320. The molecule has 0 saturated heterocycles. The van der Waals surface area contributed by atoms with E-state index in [2.05, 4.69) is 5.32 Å². The normalized spacial score (nSPS) is 13.6. The van der Waals surface area contributed by atoms with Crippen molar-refractivity contribution in [3.05, 3.63) is 76.3 Å². The Kier molecular flexibility index (Phi) is 8.23. The SMILES string of the molecule is COc1cc(N[C@@H](C(=O)N2CCc3ccc(C(F)(F)F)cc32)c2ccc(Cl)cc2OC)cc(OCCO)c1. The van der Waals surface area contributed by atoms with E-state index in [0.29, 0.717) is 45.5 Å². The second kappa shape index (κ2) is 11.4. The van der Waals surface area contributed by atoms with E-state index in [1.165, 1.54) is 25.2 Å². The summed E-state index contributed by atoms with van der Waals surface area (Å²) in [7, 11) is 2.91. The zero-order chi connectivity index (χ0) is 27.4. The summed E-state index contributed by atoms with van der Waals surface area (Å²) in [6.45, 7) is 0.0654. The van der Waals surface area contributed by atoms with Gasteiger partial charge in [0.25, 0.3) is 5.91 Å². The number of aliphatic hydroxyl groups is 1. The van der Waals surface area contributed by atoms with Crippen LogP contribution in [0.15, 0.2) is 54.6 Å². The number of benzene rings is 3. The molecule has 0 fully saturated rings. The van der Waals surface area contributed by atoms with Crippen LogP contribution in [-0.4, -0.2) is 45.0 Å². The number of rotatable bonds is 9. The first-order valence-corrected chi connectivity index (χ1v) is 12.1. The zero-order valence-electron chi connectivity index (χ0n) is 20.6. The second-order valence-electron chi connectivity index (χ2n) is 8.51. The first-order chi connectivity index (χ1) is 18.1. The van der Waals surface area contributed by atoms with Gasteiger partial charge in [0.15, 0.2) is 0 Å². The number of hydrogen-bond donors (Lipinski definition) is 2. The quantitative estimate of drug-likeness (QED) is 0.367. The number of aliphatic hydroxyl groups excluding tert-OH is 1. The number of nitrogens with zero attached hydrogens (tertiary/aromatic N) is 1. The van der Waals surface area contributed by atoms with Gasteiger partial charge in [-0.15, -0.1) is 0 Å². The van der Waals surface area contributed by atoms with Crippen molar-refractivity contribution in [1.29, 1.82) is 0 Å². The fourth-order valence-corrected chi connectivity index (χ4v) is 4.48. The Morgan fingerprint density at radius 1 is 1.08 bits per heavy atom. The maximum absolute atomic E-state index is 14.0. The fourth-order valence-electron chi connectivity index (χ4n) is 4.32. The average Bonchev–Trinajstić information content (AvgIpc) is 3.33. The molecule has 0 unspecified atom stereocenters. The van der Waals surface area contributed by atoms with Crippen LogP contribution < -0.4 is 24.4 Å². The van der Waals surface area contributed by atoms with E-state index in [0.717, 1.165) is 12.1 Å². The molecule has 4 rings (SSSR count). The third-order valence-electron chi connectivity index (χ3n) is 6.11. The van der Waals surface area contributed by atoms with Gasteiger partial charge < -0.3 is 29.5 Å². The van der Waals surface area contributed by atoms with E-state index in [-0.39, 0.29) is 25.4 Å². The minimum atomic E-state index is -4.55. The number of carbonyl (C=O) groups is 1. The molecular formula is C27H26ClF3N2O5. The fraction of sp³-hybridized carbons (Fsp3) is 0.296. The molecule has 11 heteroatoms. The van der Waals surface area contributed by atoms with Crippen molar-refractivity contribution in [2.24, 2.45) is 0 Å². The number of anilines is 2. The standard InChI is InChI=1S/C27H26ClF3N2O5/c1-36-20-13-19(14-21(15-20)38-10-9-34)32-25(22-6-5-18(28)12-24(22)37-2)26(35)33-8-7-16-3-4-17(11-23(16)33)27(29,30)31/h3-6,11-15,25,32,34H,7-10H2,1-2H3/t25-/m1/s1. The van der Waals surface area contributed by atoms with Crippen LogP contribution in [0.2, 0.25) is 5.02 Å². The monoisotopic (exact) mass is 550 g/mol. The predicted molar refractivity (Wildman–Crippen MR) is 137 cm³/mol. The van der Waals surface area contributed by atoms with Gasteiger partial charge in [0.2, 0.25) is 0 Å². The van der Waals surface area contributed by atoms with Gasteiger partial charge in [-0.2, -0.15) is 13.2 Å². The molecule has 2 N–H and O–H groups in total. The average molecular weight is 551 g/mol. The summed E-state index contributed by atoms with van der Waals surface area (Å²) in [6, 6.07) is 12.0. The Balaban J connectivity index is 1.77. The minimum absolute atomic E-state index is 0.0477. The highest BCUT2D eigenvalue weighted by Crippen LogP contribution is 2.39. The summed E-state index contributed by atoms with van der Waals surface area (Å²) >= 11 is 6.15. The zero-order valence-corrected chi connectivity index (χ0v) is 21.4. The van der Waals surface area contributed by atoms with E-state index in [9.17, 15) is 18.0 Å². The van der Waals surface area contributed by atoms with Gasteiger partial charge in [0.05, 0.1) is 26.4 Å². The number of carbonyl (C=O) groups excluding carboxylic acids is 1. The Hall–Kier alpha value is -3.63. The summed E-state index contributed by atoms with van der Waals surface area (Å²) in [5.74, 6) is 0.658. The van der Waals surface area contributed by atoms with E-state index < -0.39 is 23.7 Å². The van der Waals surface area contributed by atoms with Gasteiger partial charge in [-0.05, 0) is 36.2 Å². The highest BCUT2D eigenvalue weighted by molar-refractivity contribution is 6.30. The van der Waals surface area contributed by atoms with Crippen LogP contribution in [0.5, 0.6) is 17.2 Å². The number of fused-ring (bicyclic) bond motifs is 1. The summed E-state index contributed by atoms with van der Waals surface area (Å²) < 4.78 is 56.7. The third-order valence-corrected chi connectivity index (χ3v) is 6.35. The molecule has 0 spiro atoms. The highest BCUT2D eigenvalue weighted by Gasteiger charge is 2.36. The number of hydrogen-bond acceptors (Lipinski definition) is 6. The van der Waals surface area contributed by atoms with Gasteiger partial charge in [0.1, 0.15) is 29.9 Å². The van der Waals surface area contributed by atoms with Gasteiger partial charge >= 0.3 is 6.18 Å². The molecule has 0 bridgehead atoms. The molecule has 0 saturated carbocycles. The molecule has 7 nitrogen and oxygen atoms in total. The number of alkyl halides is 3. The van der Waals surface area contributed by atoms with Crippen LogP contribution >= 0.6 is 11.6 Å². The van der Waals surface area contributed by atoms with Crippen molar-refractivity contribution in [3.63, 3.8) is 0 Å². The Labute approximate surface area is 222 Å². The van der Waals surface area contributed by atoms with Crippen LogP contribution in [0.3, 0.4) is 0 Å². The second-order valence-corrected chi connectivity index (χ2v) is 8.95. The number of ether oxygens (including phenoxy) is 3. The molecule has 1 aliphatic rings. The molecule has 1 heterocycles. The lowest BCUT2D eigenvalue weighted by molar-refractivity contribution is -0.137. The van der Waals surface area contributed by atoms with Crippen molar-refractivity contribution < 1.29 is 37.3 Å². The summed E-state index contributed by atoms with van der Waals surface area (Å²) in [6.07, 6.45) is -4.13. The molecule has 1 amide bonds. The van der Waals surface area contributed by atoms with E-state index in [1.54, 1.807) is 36.4 Å². The lowest BCUT2D eigenvalue weighted by atomic mass is 10.0. The molecular weight excluding hydrogens is 525 g/mol. The Morgan fingerprint density at radius 3 is 2.53 bits per heavy atom. The highest BCUT2D eigenvalue weighted by atomic mass is 35.5. The van der Waals surface area contributed by atoms with Crippen molar-refractivity contribution in [2.75, 3.05) is 44.2 Å². The first-order valence-electron chi connectivity index (χ1n) is 11.7. The van der Waals surface area contributed by atoms with Crippen LogP contribution in [0, 0.1) is 0 Å². The largest absolute Gasteiger partial charge is 0.497 e. The topological polar surface area (TPSA) is 80.3 Å². The molecule has 0 radical (unpaired) electrons. The Morgan fingerprint density at radius 2 is 1.84 bits per heavy atom. The van der Waals surface area contributed by atoms with Crippen molar-refractivity contribution >= 4 is 28.9 Å². The number of halogens is 4. The van der Waals surface area contributed by atoms with Gasteiger partial charge in [-0.25, -0.2) is 0 Å². The molecule has 0 aliphatic carbocycles. The van der Waals surface area contributed by atoms with Crippen molar-refractivity contribution in [1.82, 2.24) is 0 Å². The van der Waals surface area contributed by atoms with Crippen molar-refractivity contribution in [3.8, 4) is 17.2 Å². The van der Waals surface area contributed by atoms with Crippen LogP contribution in [0.4, 0.5) is 24.5 Å². The molecule has 3 aromatic rings. The molecule has 3 aromatic carbocycles. The summed E-state index contributed by atoms with van der Waals surface area (Å²) in [4.78, 5) is 15.4. The maximum atomic E-state index is 14.0. The summed E-state index contributed by atoms with van der Waals surface area (Å²) in [5, 5.41) is 12.7. The van der Waals surface area contributed by atoms with E-state index >= 15 is 0 Å². The maximum Gasteiger partial charge on any atom is 0.416 e. The van der Waals surface area contributed by atoms with Crippen LogP contribution in [0.1, 0.15) is 22.7 Å². The number of methoxy groups -OCH3 is 2. The lowest BCUT2D eigenvalue weighted by Crippen LogP contribution is -2.37. The van der Waals surface area contributed by atoms with Gasteiger partial charge in [0, 0.05) is 46.7 Å². The number of nitrogens with one attached hydrogen (secondary N) is 1. The lowest BCUT2D eigenvalue weighted by Gasteiger charge is -2.27. The molecule has 202 valence electrons. The van der Waals surface area contributed by atoms with Crippen molar-refractivity contribution in [2.45, 2.75) is 18.6 Å². The van der Waals surface area contributed by atoms with Gasteiger partial charge in [-0.3, -0.25) is 4.79 Å². The minimum Gasteiger partial charge on any atom is -0.497 e. The predicted octanol–water partition coefficient (Wildman–Crippen LogP) is 5.49. The van der Waals surface area contributed by atoms with Gasteiger partial charge in [-0.1, -0.05) is 23.7 Å². The van der Waals surface area contributed by atoms with Crippen LogP contribution in [0.25, 0.3) is 0 Å². The molecule has 1 atom stereocenters. The van der Waals surface area contributed by atoms with E-state index in [4.69, 9.17) is 30.9 Å². The molecule has 1 aliphatic heterocycles. The van der Waals surface area contributed by atoms with E-state index in [1.807, 2.05) is 0 Å². The smallest absolute Gasteiger partial charge is 0.416 e. The molecule has 38 heavy (non-hydrogen) atoms. The summed E-state index contributed by atoms with van der Waals surface area (Å²) in [5.41, 5.74) is 0.901. The molecule has 0 aromatic heterocycles.